The Bertz CT molecular complexity index is 753. The number of halogens is 1. The second-order valence-electron chi connectivity index (χ2n) is 5.91. The van der Waals surface area contributed by atoms with Gasteiger partial charge >= 0.3 is 37.2 Å². The molecular weight excluding hydrogens is 382 g/mol. The third kappa shape index (κ3) is 5.66. The maximum absolute atomic E-state index is 13.3. The molecule has 0 aromatic rings. The topological polar surface area (TPSA) is 159 Å². The summed E-state index contributed by atoms with van der Waals surface area (Å²) < 4.78 is 35.0. The largest absolute Gasteiger partial charge is 1.00 e. The molecule has 0 unspecified atom stereocenters. The first-order valence-electron chi connectivity index (χ1n) is 7.61. The van der Waals surface area contributed by atoms with Crippen molar-refractivity contribution < 1.29 is 57.4 Å². The maximum Gasteiger partial charge on any atom is 1.00 e. The van der Waals surface area contributed by atoms with Crippen molar-refractivity contribution in [3.05, 3.63) is 11.6 Å². The number of aliphatic carboxylic acids is 1. The number of fused-ring (bicyclic) bond motifs is 2. The molecule has 148 valence electrons. The Kier molecular flexibility index (Phi) is 7.82. The van der Waals surface area contributed by atoms with Gasteiger partial charge in [-0.05, 0) is 18.9 Å². The average molecular weight is 402 g/mol. The number of primary sulfonamides is 1. The van der Waals surface area contributed by atoms with Gasteiger partial charge in [-0.15, -0.1) is 0 Å². The number of carbonyl (C=O) groups excluding carboxylic acids is 2. The summed E-state index contributed by atoms with van der Waals surface area (Å²) in [5.74, 6) is -2.72. The molecule has 0 aromatic carbocycles. The fraction of sp³-hybridized carbons (Fsp3) is 0.615. The molecule has 1 saturated heterocycles. The van der Waals surface area contributed by atoms with Gasteiger partial charge in [0.25, 0.3) is 0 Å². The van der Waals surface area contributed by atoms with E-state index in [0.717, 1.165) is 4.90 Å². The van der Waals surface area contributed by atoms with E-state index >= 15 is 0 Å². The Morgan fingerprint density at radius 3 is 2.74 bits per heavy atom. The summed E-state index contributed by atoms with van der Waals surface area (Å²) in [5.41, 5.74) is 0.496. The van der Waals surface area contributed by atoms with Crippen LogP contribution in [0.1, 0.15) is 14.8 Å². The van der Waals surface area contributed by atoms with Gasteiger partial charge in [0.15, 0.2) is 0 Å². The van der Waals surface area contributed by atoms with Crippen molar-refractivity contribution in [2.75, 3.05) is 18.8 Å². The van der Waals surface area contributed by atoms with Gasteiger partial charge in [-0.25, -0.2) is 32.4 Å². The normalized spacial score (nSPS) is 22.8. The number of nitrogens with two attached hydrogens (primary N) is 1. The fourth-order valence-electron chi connectivity index (χ4n) is 2.80. The number of rotatable bonds is 8. The predicted molar refractivity (Wildman–Crippen MR) is 85.6 cm³/mol. The van der Waals surface area contributed by atoms with E-state index in [1.165, 1.54) is 6.08 Å². The van der Waals surface area contributed by atoms with Crippen LogP contribution in [0.15, 0.2) is 11.6 Å². The van der Waals surface area contributed by atoms with E-state index in [4.69, 9.17) is 10.2 Å². The zero-order chi connectivity index (χ0) is 19.6. The number of carboxylic acids is 1. The van der Waals surface area contributed by atoms with Crippen molar-refractivity contribution in [3.8, 4) is 0 Å². The van der Waals surface area contributed by atoms with Gasteiger partial charge in [0, 0.05) is 6.54 Å². The van der Waals surface area contributed by atoms with Crippen molar-refractivity contribution >= 4 is 27.9 Å². The van der Waals surface area contributed by atoms with Crippen molar-refractivity contribution in [2.45, 2.75) is 31.8 Å². The van der Waals surface area contributed by atoms with Crippen LogP contribution in [0.3, 0.4) is 0 Å². The van der Waals surface area contributed by atoms with Crippen LogP contribution < -0.4 is 29.3 Å². The van der Waals surface area contributed by atoms with E-state index < -0.39 is 46.4 Å². The first-order valence-corrected chi connectivity index (χ1v) is 9.33. The summed E-state index contributed by atoms with van der Waals surface area (Å²) in [4.78, 5) is 40.9. The van der Waals surface area contributed by atoms with Crippen LogP contribution in [0.25, 0.3) is 0 Å². The fourth-order valence-corrected chi connectivity index (χ4v) is 3.34. The van der Waals surface area contributed by atoms with E-state index in [1.54, 1.807) is 6.92 Å². The molecule has 14 heteroatoms. The van der Waals surface area contributed by atoms with Gasteiger partial charge in [0.2, 0.25) is 15.9 Å². The molecule has 11 nitrogen and oxygen atoms in total. The van der Waals surface area contributed by atoms with Crippen LogP contribution in [0.2, 0.25) is 0 Å². The third-order valence-corrected chi connectivity index (χ3v) is 4.73. The van der Waals surface area contributed by atoms with Crippen molar-refractivity contribution in [1.29, 1.82) is 0 Å². The molecule has 0 aliphatic carbocycles. The van der Waals surface area contributed by atoms with Gasteiger partial charge in [-0.1, -0.05) is 6.08 Å². The number of carbonyl (C=O) groups is 3. The van der Waals surface area contributed by atoms with Crippen LogP contribution >= 0.6 is 0 Å². The molecule has 0 radical (unpaired) electrons. The molecule has 27 heavy (non-hydrogen) atoms. The summed E-state index contributed by atoms with van der Waals surface area (Å²) in [5, 5.41) is 16.5. The van der Waals surface area contributed by atoms with Crippen molar-refractivity contribution in [1.82, 2.24) is 15.3 Å². The van der Waals surface area contributed by atoms with Crippen LogP contribution in [0, 0.1) is 0 Å². The SMILES string of the molecule is CC1=C[C@@H]2CN(C(=O)N2O[C@@H](F)C(=O)O)[C@@H]1C(=O)NCCCS(N)(=O)=O.[H-].[Li+]. The van der Waals surface area contributed by atoms with Crippen LogP contribution in [0.5, 0.6) is 0 Å². The molecule has 0 saturated carbocycles. The zero-order valence-electron chi connectivity index (χ0n) is 15.8. The molecule has 2 heterocycles. The van der Waals surface area contributed by atoms with Crippen molar-refractivity contribution in [2.24, 2.45) is 5.14 Å². The average Bonchev–Trinajstić information content (AvgIpc) is 2.75. The van der Waals surface area contributed by atoms with Crippen LogP contribution in [-0.2, 0) is 24.4 Å². The predicted octanol–water partition coefficient (Wildman–Crippen LogP) is -4.36. The molecule has 2 bridgehead atoms. The molecule has 0 aromatic heterocycles. The van der Waals surface area contributed by atoms with E-state index in [-0.39, 0.29) is 45.6 Å². The summed E-state index contributed by atoms with van der Waals surface area (Å²) in [6.45, 7) is 1.66. The molecule has 3 atom stereocenters. The first kappa shape index (κ1) is 23.4. The Labute approximate surface area is 168 Å². The van der Waals surface area contributed by atoms with Gasteiger partial charge < -0.3 is 16.7 Å². The van der Waals surface area contributed by atoms with Gasteiger partial charge in [-0.2, -0.15) is 5.06 Å². The Morgan fingerprint density at radius 2 is 2.19 bits per heavy atom. The van der Waals surface area contributed by atoms with Crippen molar-refractivity contribution in [3.63, 3.8) is 0 Å². The molecule has 2 aliphatic heterocycles. The number of nitrogens with one attached hydrogen (secondary N) is 1. The minimum Gasteiger partial charge on any atom is -1.00 e. The number of hydroxylamine groups is 2. The summed E-state index contributed by atoms with van der Waals surface area (Å²) in [6.07, 6.45) is -1.09. The molecule has 2 rings (SSSR count). The molecule has 2 aliphatic rings. The maximum atomic E-state index is 13.3. The van der Waals surface area contributed by atoms with Crippen LogP contribution in [-0.4, -0.2) is 78.7 Å². The Balaban J connectivity index is 0.00000364. The smallest absolute Gasteiger partial charge is 1.00 e. The number of hydrogen-bond acceptors (Lipinski definition) is 6. The van der Waals surface area contributed by atoms with Crippen LogP contribution in [0.4, 0.5) is 9.18 Å². The number of sulfonamides is 1. The molecule has 1 fully saturated rings. The van der Waals surface area contributed by atoms with Gasteiger partial charge in [0.05, 0.1) is 18.3 Å². The second-order valence-corrected chi connectivity index (χ2v) is 7.65. The van der Waals surface area contributed by atoms with Gasteiger partial charge in [0.1, 0.15) is 6.04 Å². The number of nitrogens with zero attached hydrogens (tertiary/aromatic N) is 2. The van der Waals surface area contributed by atoms with E-state index in [0.29, 0.717) is 10.6 Å². The third-order valence-electron chi connectivity index (χ3n) is 3.87. The summed E-state index contributed by atoms with van der Waals surface area (Å²) in [7, 11) is -3.64. The van der Waals surface area contributed by atoms with E-state index in [1.807, 2.05) is 0 Å². The Morgan fingerprint density at radius 1 is 1.56 bits per heavy atom. The Hall–Kier alpha value is -1.65. The number of urea groups is 1. The number of amides is 3. The minimum atomic E-state index is -3.64. The first-order chi connectivity index (χ1) is 12.0. The zero-order valence-corrected chi connectivity index (χ0v) is 15.6. The number of alkyl halides is 1. The van der Waals surface area contributed by atoms with E-state index in [2.05, 4.69) is 10.2 Å². The quantitative estimate of drug-likeness (QED) is 0.210. The molecule has 3 amide bonds. The van der Waals surface area contributed by atoms with E-state index in [9.17, 15) is 27.2 Å². The molecule has 4 N–H and O–H groups in total. The monoisotopic (exact) mass is 402 g/mol. The standard InChI is InChI=1S/C13H19FN4O7S.Li.H/c1-7-5-8-6-17(13(22)18(8)25-10(14)12(20)21)9(7)11(19)16-3-2-4-26(15,23)24;;/h5,8-10H,2-4,6H2,1H3,(H,16,19)(H,20,21)(H2,15,23,24);;/q;+1;-1/t8-,9+,10-;;/m1../s1. The minimum absolute atomic E-state index is 0. The second kappa shape index (κ2) is 9.03. The summed E-state index contributed by atoms with van der Waals surface area (Å²) in [6, 6.07) is -2.53. The number of hydrogen-bond donors (Lipinski definition) is 3. The summed E-state index contributed by atoms with van der Waals surface area (Å²) >= 11 is 0. The molecular formula is C13H20FLiN4O7S. The molecule has 0 spiro atoms. The number of carboxylic acid groups (broad SMARTS) is 1. The van der Waals surface area contributed by atoms with Gasteiger partial charge in [-0.3, -0.25) is 4.79 Å².